The van der Waals surface area contributed by atoms with Crippen molar-refractivity contribution in [3.8, 4) is 11.1 Å². The molecular weight excluding hydrogens is 310 g/mol. The SMILES string of the molecule is O=C(NCC1CC1c1ccccc1)c1ccccc1-c1cncnc1. The third-order valence-corrected chi connectivity index (χ3v) is 4.72. The van der Waals surface area contributed by atoms with Gasteiger partial charge in [0.15, 0.2) is 0 Å². The van der Waals surface area contributed by atoms with E-state index in [4.69, 9.17) is 0 Å². The van der Waals surface area contributed by atoms with Gasteiger partial charge in [-0.2, -0.15) is 0 Å². The predicted octanol–water partition coefficient (Wildman–Crippen LogP) is 3.68. The first-order valence-corrected chi connectivity index (χ1v) is 8.50. The van der Waals surface area contributed by atoms with Gasteiger partial charge in [-0.25, -0.2) is 9.97 Å². The van der Waals surface area contributed by atoms with E-state index >= 15 is 0 Å². The number of carbonyl (C=O) groups is 1. The monoisotopic (exact) mass is 329 g/mol. The fourth-order valence-electron chi connectivity index (χ4n) is 3.27. The van der Waals surface area contributed by atoms with E-state index < -0.39 is 0 Å². The Bertz CT molecular complexity index is 865. The van der Waals surface area contributed by atoms with Crippen molar-refractivity contribution in [3.63, 3.8) is 0 Å². The molecule has 1 fully saturated rings. The highest BCUT2D eigenvalue weighted by molar-refractivity contribution is 6.00. The molecule has 3 aromatic rings. The van der Waals surface area contributed by atoms with E-state index in [2.05, 4.69) is 39.6 Å². The summed E-state index contributed by atoms with van der Waals surface area (Å²) in [6.07, 6.45) is 6.08. The molecule has 25 heavy (non-hydrogen) atoms. The lowest BCUT2D eigenvalue weighted by Gasteiger charge is -2.10. The summed E-state index contributed by atoms with van der Waals surface area (Å²) in [6.45, 7) is 0.706. The van der Waals surface area contributed by atoms with Crippen LogP contribution in [-0.2, 0) is 0 Å². The van der Waals surface area contributed by atoms with Crippen LogP contribution >= 0.6 is 0 Å². The molecule has 4 heteroatoms. The third kappa shape index (κ3) is 3.43. The lowest BCUT2D eigenvalue weighted by atomic mass is 10.0. The molecule has 1 N–H and O–H groups in total. The molecule has 0 aliphatic heterocycles. The van der Waals surface area contributed by atoms with Crippen LogP contribution in [0, 0.1) is 5.92 Å². The Balaban J connectivity index is 1.43. The quantitative estimate of drug-likeness (QED) is 0.777. The largest absolute Gasteiger partial charge is 0.352 e. The Morgan fingerprint density at radius 2 is 1.72 bits per heavy atom. The van der Waals surface area contributed by atoms with Gasteiger partial charge < -0.3 is 5.32 Å². The molecule has 1 aromatic heterocycles. The summed E-state index contributed by atoms with van der Waals surface area (Å²) in [5, 5.41) is 3.09. The first-order chi connectivity index (χ1) is 12.3. The van der Waals surface area contributed by atoms with Gasteiger partial charge in [0.1, 0.15) is 6.33 Å². The maximum absolute atomic E-state index is 12.7. The highest BCUT2D eigenvalue weighted by Gasteiger charge is 2.38. The second-order valence-electron chi connectivity index (χ2n) is 6.40. The third-order valence-electron chi connectivity index (χ3n) is 4.72. The zero-order chi connectivity index (χ0) is 17.1. The van der Waals surface area contributed by atoms with Gasteiger partial charge in [0.25, 0.3) is 5.91 Å². The van der Waals surface area contributed by atoms with Crippen molar-refractivity contribution >= 4 is 5.91 Å². The van der Waals surface area contributed by atoms with Gasteiger partial charge in [-0.3, -0.25) is 4.79 Å². The molecular formula is C21H19N3O. The number of nitrogens with one attached hydrogen (secondary N) is 1. The molecule has 1 saturated carbocycles. The molecule has 1 aliphatic rings. The number of benzene rings is 2. The average Bonchev–Trinajstić information content (AvgIpc) is 3.47. The highest BCUT2D eigenvalue weighted by Crippen LogP contribution is 2.46. The van der Waals surface area contributed by atoms with Gasteiger partial charge in [-0.1, -0.05) is 48.5 Å². The summed E-state index contributed by atoms with van der Waals surface area (Å²) in [5.41, 5.74) is 3.73. The number of rotatable bonds is 5. The van der Waals surface area contributed by atoms with E-state index in [1.54, 1.807) is 12.4 Å². The van der Waals surface area contributed by atoms with Crippen molar-refractivity contribution in [2.24, 2.45) is 5.92 Å². The van der Waals surface area contributed by atoms with Crippen LogP contribution in [0.4, 0.5) is 0 Å². The van der Waals surface area contributed by atoms with Crippen molar-refractivity contribution in [3.05, 3.63) is 84.4 Å². The summed E-state index contributed by atoms with van der Waals surface area (Å²) >= 11 is 0. The Labute approximate surface area is 147 Å². The number of nitrogens with zero attached hydrogens (tertiary/aromatic N) is 2. The molecule has 1 amide bonds. The number of hydrogen-bond donors (Lipinski definition) is 1. The molecule has 1 aliphatic carbocycles. The van der Waals surface area contributed by atoms with Crippen molar-refractivity contribution in [1.29, 1.82) is 0 Å². The fraction of sp³-hybridized carbons (Fsp3) is 0.190. The van der Waals surface area contributed by atoms with Crippen molar-refractivity contribution in [1.82, 2.24) is 15.3 Å². The topological polar surface area (TPSA) is 54.9 Å². The number of carbonyl (C=O) groups excluding carboxylic acids is 1. The van der Waals surface area contributed by atoms with Crippen LogP contribution in [-0.4, -0.2) is 22.4 Å². The zero-order valence-electron chi connectivity index (χ0n) is 13.8. The summed E-state index contributed by atoms with van der Waals surface area (Å²) in [4.78, 5) is 20.8. The molecule has 0 bridgehead atoms. The predicted molar refractivity (Wildman–Crippen MR) is 97.1 cm³/mol. The molecule has 1 heterocycles. The van der Waals surface area contributed by atoms with E-state index in [0.717, 1.165) is 17.5 Å². The maximum atomic E-state index is 12.7. The van der Waals surface area contributed by atoms with Crippen molar-refractivity contribution < 1.29 is 4.79 Å². The van der Waals surface area contributed by atoms with E-state index in [1.165, 1.54) is 11.9 Å². The summed E-state index contributed by atoms with van der Waals surface area (Å²) in [5.74, 6) is 1.05. The van der Waals surface area contributed by atoms with Crippen LogP contribution in [0.25, 0.3) is 11.1 Å². The lowest BCUT2D eigenvalue weighted by Crippen LogP contribution is -2.26. The Morgan fingerprint density at radius 3 is 2.52 bits per heavy atom. The Morgan fingerprint density at radius 1 is 1.00 bits per heavy atom. The number of amides is 1. The molecule has 4 rings (SSSR count). The van der Waals surface area contributed by atoms with Crippen molar-refractivity contribution in [2.75, 3.05) is 6.54 Å². The minimum Gasteiger partial charge on any atom is -0.352 e. The van der Waals surface area contributed by atoms with Crippen LogP contribution in [0.1, 0.15) is 28.3 Å². The summed E-state index contributed by atoms with van der Waals surface area (Å²) < 4.78 is 0. The van der Waals surface area contributed by atoms with Crippen LogP contribution in [0.3, 0.4) is 0 Å². The molecule has 0 radical (unpaired) electrons. The Kier molecular flexibility index (Phi) is 4.25. The van der Waals surface area contributed by atoms with E-state index in [-0.39, 0.29) is 5.91 Å². The second-order valence-corrected chi connectivity index (χ2v) is 6.40. The molecule has 2 atom stereocenters. The number of aromatic nitrogens is 2. The smallest absolute Gasteiger partial charge is 0.251 e. The first kappa shape index (κ1) is 15.5. The lowest BCUT2D eigenvalue weighted by molar-refractivity contribution is 0.0952. The van der Waals surface area contributed by atoms with Gasteiger partial charge in [-0.05, 0) is 35.4 Å². The minimum atomic E-state index is -0.0434. The van der Waals surface area contributed by atoms with Crippen molar-refractivity contribution in [2.45, 2.75) is 12.3 Å². The first-order valence-electron chi connectivity index (χ1n) is 8.50. The standard InChI is InChI=1S/C21H19N3O/c25-21(24-13-16-10-20(16)15-6-2-1-3-7-15)19-9-5-4-8-18(19)17-11-22-14-23-12-17/h1-9,11-12,14,16,20H,10,13H2,(H,24,25). The van der Waals surface area contributed by atoms with Gasteiger partial charge in [0.2, 0.25) is 0 Å². The van der Waals surface area contributed by atoms with Gasteiger partial charge in [0.05, 0.1) is 0 Å². The van der Waals surface area contributed by atoms with E-state index in [1.807, 2.05) is 30.3 Å². The maximum Gasteiger partial charge on any atom is 0.251 e. The van der Waals surface area contributed by atoms with E-state index in [0.29, 0.717) is 23.9 Å². The van der Waals surface area contributed by atoms with Gasteiger partial charge in [-0.15, -0.1) is 0 Å². The fourth-order valence-corrected chi connectivity index (χ4v) is 3.27. The summed E-state index contributed by atoms with van der Waals surface area (Å²) in [6, 6.07) is 18.1. The van der Waals surface area contributed by atoms with Crippen LogP contribution in [0.2, 0.25) is 0 Å². The van der Waals surface area contributed by atoms with Crippen LogP contribution < -0.4 is 5.32 Å². The average molecular weight is 329 g/mol. The molecule has 2 aromatic carbocycles. The second kappa shape index (κ2) is 6.85. The molecule has 124 valence electrons. The summed E-state index contributed by atoms with van der Waals surface area (Å²) in [7, 11) is 0. The molecule has 2 unspecified atom stereocenters. The molecule has 0 saturated heterocycles. The molecule has 4 nitrogen and oxygen atoms in total. The Hall–Kier alpha value is -3.01. The normalized spacial score (nSPS) is 18.6. The number of hydrogen-bond acceptors (Lipinski definition) is 3. The van der Waals surface area contributed by atoms with Gasteiger partial charge >= 0.3 is 0 Å². The van der Waals surface area contributed by atoms with Gasteiger partial charge in [0, 0.05) is 30.1 Å². The van der Waals surface area contributed by atoms with Crippen LogP contribution in [0.15, 0.2) is 73.3 Å². The minimum absolute atomic E-state index is 0.0434. The zero-order valence-corrected chi connectivity index (χ0v) is 13.8. The molecule has 0 spiro atoms. The van der Waals surface area contributed by atoms with E-state index in [9.17, 15) is 4.79 Å². The van der Waals surface area contributed by atoms with Crippen LogP contribution in [0.5, 0.6) is 0 Å². The highest BCUT2D eigenvalue weighted by atomic mass is 16.1.